The standard InChI is InChI=1S/C17H28N4O3/c1-17(2,3)10-14(22)18-12-6-8-21(9-7-12)13-11-19(4)16(24)20(5)15(13)23/h11-12H,6-10H2,1-5H3,(H,18,22). The molecule has 0 radical (unpaired) electrons. The summed E-state index contributed by atoms with van der Waals surface area (Å²) in [5.74, 6) is 0.0824. The molecule has 1 aliphatic rings. The third-order valence-corrected chi connectivity index (χ3v) is 4.32. The maximum atomic E-state index is 12.3. The second kappa shape index (κ2) is 6.83. The number of hydrogen-bond donors (Lipinski definition) is 1. The van der Waals surface area contributed by atoms with E-state index >= 15 is 0 Å². The molecule has 1 amide bonds. The van der Waals surface area contributed by atoms with Crippen LogP contribution in [0, 0.1) is 5.41 Å². The van der Waals surface area contributed by atoms with E-state index in [1.54, 1.807) is 13.2 Å². The molecule has 0 aromatic carbocycles. The summed E-state index contributed by atoms with van der Waals surface area (Å²) in [6.07, 6.45) is 3.70. The van der Waals surface area contributed by atoms with Gasteiger partial charge in [-0.15, -0.1) is 0 Å². The third-order valence-electron chi connectivity index (χ3n) is 4.32. The van der Waals surface area contributed by atoms with Crippen LogP contribution in [-0.4, -0.2) is 34.2 Å². The van der Waals surface area contributed by atoms with E-state index in [-0.39, 0.29) is 28.6 Å². The Morgan fingerprint density at radius 2 is 1.79 bits per heavy atom. The summed E-state index contributed by atoms with van der Waals surface area (Å²) < 4.78 is 2.56. The Morgan fingerprint density at radius 1 is 1.21 bits per heavy atom. The van der Waals surface area contributed by atoms with Crippen molar-refractivity contribution < 1.29 is 4.79 Å². The van der Waals surface area contributed by atoms with Gasteiger partial charge in [0.2, 0.25) is 5.91 Å². The summed E-state index contributed by atoms with van der Waals surface area (Å²) in [4.78, 5) is 38.1. The van der Waals surface area contributed by atoms with E-state index in [9.17, 15) is 14.4 Å². The largest absolute Gasteiger partial charge is 0.366 e. The highest BCUT2D eigenvalue weighted by molar-refractivity contribution is 5.76. The summed E-state index contributed by atoms with van der Waals surface area (Å²) in [5.41, 5.74) is -0.0771. The van der Waals surface area contributed by atoms with Crippen molar-refractivity contribution in [1.29, 1.82) is 0 Å². The zero-order valence-electron chi connectivity index (χ0n) is 15.3. The normalized spacial score (nSPS) is 16.3. The number of rotatable bonds is 3. The van der Waals surface area contributed by atoms with Gasteiger partial charge < -0.3 is 14.8 Å². The molecule has 134 valence electrons. The van der Waals surface area contributed by atoms with Crippen LogP contribution in [0.3, 0.4) is 0 Å². The van der Waals surface area contributed by atoms with Crippen molar-refractivity contribution in [2.45, 2.75) is 46.1 Å². The molecule has 2 rings (SSSR count). The van der Waals surface area contributed by atoms with Gasteiger partial charge in [-0.3, -0.25) is 14.2 Å². The van der Waals surface area contributed by atoms with Crippen LogP contribution in [0.25, 0.3) is 0 Å². The second-order valence-corrected chi connectivity index (χ2v) is 7.84. The molecule has 1 fully saturated rings. The summed E-state index contributed by atoms with van der Waals surface area (Å²) in [6, 6.07) is 0.146. The Morgan fingerprint density at radius 3 is 2.33 bits per heavy atom. The molecule has 2 heterocycles. The molecule has 0 unspecified atom stereocenters. The Kier molecular flexibility index (Phi) is 5.20. The number of anilines is 1. The fourth-order valence-corrected chi connectivity index (χ4v) is 3.03. The molecule has 1 N–H and O–H groups in total. The van der Waals surface area contributed by atoms with E-state index in [4.69, 9.17) is 0 Å². The van der Waals surface area contributed by atoms with Crippen molar-refractivity contribution in [2.24, 2.45) is 19.5 Å². The molecule has 0 bridgehead atoms. The topological polar surface area (TPSA) is 76.3 Å². The van der Waals surface area contributed by atoms with Crippen molar-refractivity contribution >= 4 is 11.6 Å². The van der Waals surface area contributed by atoms with Crippen LogP contribution in [0.1, 0.15) is 40.0 Å². The van der Waals surface area contributed by atoms with Gasteiger partial charge in [-0.1, -0.05) is 20.8 Å². The van der Waals surface area contributed by atoms with Crippen LogP contribution in [0.5, 0.6) is 0 Å². The number of carbonyl (C=O) groups excluding carboxylic acids is 1. The summed E-state index contributed by atoms with van der Waals surface area (Å²) in [6.45, 7) is 7.52. The molecule has 7 heteroatoms. The van der Waals surface area contributed by atoms with Crippen LogP contribution in [-0.2, 0) is 18.9 Å². The molecule has 0 saturated carbocycles. The van der Waals surface area contributed by atoms with Crippen molar-refractivity contribution in [2.75, 3.05) is 18.0 Å². The van der Waals surface area contributed by atoms with Crippen LogP contribution < -0.4 is 21.5 Å². The number of carbonyl (C=O) groups is 1. The Bertz CT molecular complexity index is 719. The Balaban J connectivity index is 2.00. The van der Waals surface area contributed by atoms with Crippen molar-refractivity contribution in [1.82, 2.24) is 14.5 Å². The first-order valence-corrected chi connectivity index (χ1v) is 8.39. The highest BCUT2D eigenvalue weighted by Gasteiger charge is 2.24. The summed E-state index contributed by atoms with van der Waals surface area (Å²) in [5, 5.41) is 3.09. The van der Waals surface area contributed by atoms with Gasteiger partial charge >= 0.3 is 5.69 Å². The zero-order valence-corrected chi connectivity index (χ0v) is 15.3. The third kappa shape index (κ3) is 4.27. The molecule has 1 aromatic rings. The molecule has 1 saturated heterocycles. The lowest BCUT2D eigenvalue weighted by atomic mass is 9.91. The van der Waals surface area contributed by atoms with Crippen LogP contribution in [0.15, 0.2) is 15.8 Å². The van der Waals surface area contributed by atoms with Crippen molar-refractivity contribution in [3.8, 4) is 0 Å². The number of aryl methyl sites for hydroxylation is 1. The van der Waals surface area contributed by atoms with E-state index in [1.807, 2.05) is 25.7 Å². The summed E-state index contributed by atoms with van der Waals surface area (Å²) in [7, 11) is 3.14. The molecule has 24 heavy (non-hydrogen) atoms. The quantitative estimate of drug-likeness (QED) is 0.877. The van der Waals surface area contributed by atoms with Gasteiger partial charge in [0.25, 0.3) is 5.56 Å². The average Bonchev–Trinajstić information content (AvgIpc) is 2.48. The molecule has 0 spiro atoms. The number of aromatic nitrogens is 2. The van der Waals surface area contributed by atoms with Crippen molar-refractivity contribution in [3.05, 3.63) is 27.0 Å². The first-order chi connectivity index (χ1) is 11.1. The minimum Gasteiger partial charge on any atom is -0.366 e. The molecule has 0 aliphatic carbocycles. The predicted molar refractivity (Wildman–Crippen MR) is 94.4 cm³/mol. The maximum Gasteiger partial charge on any atom is 0.330 e. The van der Waals surface area contributed by atoms with E-state index in [2.05, 4.69) is 5.32 Å². The predicted octanol–water partition coefficient (Wildman–Crippen LogP) is 0.605. The molecule has 1 aliphatic heterocycles. The lowest BCUT2D eigenvalue weighted by molar-refractivity contribution is -0.123. The highest BCUT2D eigenvalue weighted by atomic mass is 16.2. The Labute approximate surface area is 142 Å². The van der Waals surface area contributed by atoms with Crippen LogP contribution in [0.4, 0.5) is 5.69 Å². The molecular weight excluding hydrogens is 308 g/mol. The monoisotopic (exact) mass is 336 g/mol. The number of nitrogens with zero attached hydrogens (tertiary/aromatic N) is 3. The molecule has 0 atom stereocenters. The van der Waals surface area contributed by atoms with E-state index in [1.165, 1.54) is 11.6 Å². The van der Waals surface area contributed by atoms with Gasteiger partial charge in [-0.25, -0.2) is 4.79 Å². The molecular formula is C17H28N4O3. The SMILES string of the molecule is Cn1cc(N2CCC(NC(=O)CC(C)(C)C)CC2)c(=O)n(C)c1=O. The van der Waals surface area contributed by atoms with E-state index < -0.39 is 0 Å². The van der Waals surface area contributed by atoms with E-state index in [0.717, 1.165) is 17.4 Å². The second-order valence-electron chi connectivity index (χ2n) is 7.84. The minimum atomic E-state index is -0.326. The highest BCUT2D eigenvalue weighted by Crippen LogP contribution is 2.20. The van der Waals surface area contributed by atoms with Crippen LogP contribution in [0.2, 0.25) is 0 Å². The summed E-state index contributed by atoms with van der Waals surface area (Å²) >= 11 is 0. The van der Waals surface area contributed by atoms with Gasteiger partial charge in [0, 0.05) is 45.8 Å². The van der Waals surface area contributed by atoms with Gasteiger partial charge in [-0.2, -0.15) is 0 Å². The molecule has 7 nitrogen and oxygen atoms in total. The smallest absolute Gasteiger partial charge is 0.330 e. The number of amides is 1. The number of piperidine rings is 1. The fourth-order valence-electron chi connectivity index (χ4n) is 3.03. The zero-order chi connectivity index (χ0) is 18.1. The van der Waals surface area contributed by atoms with Gasteiger partial charge in [-0.05, 0) is 18.3 Å². The van der Waals surface area contributed by atoms with Gasteiger partial charge in [0.1, 0.15) is 5.69 Å². The number of nitrogens with one attached hydrogen (secondary N) is 1. The van der Waals surface area contributed by atoms with E-state index in [0.29, 0.717) is 25.2 Å². The lowest BCUT2D eigenvalue weighted by Gasteiger charge is -2.34. The minimum absolute atomic E-state index is 0.0220. The number of hydrogen-bond acceptors (Lipinski definition) is 4. The molecule has 1 aromatic heterocycles. The van der Waals surface area contributed by atoms with Gasteiger partial charge in [0.15, 0.2) is 0 Å². The Hall–Kier alpha value is -2.05. The maximum absolute atomic E-state index is 12.3. The van der Waals surface area contributed by atoms with Crippen molar-refractivity contribution in [3.63, 3.8) is 0 Å². The first kappa shape index (κ1) is 18.3. The lowest BCUT2D eigenvalue weighted by Crippen LogP contribution is -2.48. The first-order valence-electron chi connectivity index (χ1n) is 8.39. The average molecular weight is 336 g/mol. The van der Waals surface area contributed by atoms with Gasteiger partial charge in [0.05, 0.1) is 0 Å². The van der Waals surface area contributed by atoms with Crippen LogP contribution >= 0.6 is 0 Å². The fraction of sp³-hybridized carbons (Fsp3) is 0.706.